The van der Waals surface area contributed by atoms with Crippen molar-refractivity contribution in [2.75, 3.05) is 22.4 Å². The van der Waals surface area contributed by atoms with Gasteiger partial charge in [0, 0.05) is 0 Å². The van der Waals surface area contributed by atoms with E-state index in [2.05, 4.69) is 0 Å². The quantitative estimate of drug-likeness (QED) is 0.645. The van der Waals surface area contributed by atoms with Gasteiger partial charge in [-0.2, -0.15) is 0 Å². The van der Waals surface area contributed by atoms with E-state index in [0.29, 0.717) is 10.4 Å². The molecule has 0 radical (unpaired) electrons. The van der Waals surface area contributed by atoms with Gasteiger partial charge in [-0.25, -0.2) is 26.0 Å². The van der Waals surface area contributed by atoms with Crippen molar-refractivity contribution < 1.29 is 30.8 Å². The van der Waals surface area contributed by atoms with Crippen LogP contribution in [0, 0.1) is 23.3 Å². The molecule has 0 aliphatic heterocycles. The molecule has 2 rings (SSSR count). The van der Waals surface area contributed by atoms with Crippen LogP contribution in [-0.2, 0) is 14.8 Å². The standard InChI is InChI=1S/C15H12F4N2O3S/c1-25(23,24)21(10-4-2-9(16)3-5-10)8-13(22)20-12-7-6-11(17)14(18)15(12)19/h2-7H,8H2,1H3,(H,20,22). The van der Waals surface area contributed by atoms with Crippen LogP contribution in [0.5, 0.6) is 0 Å². The van der Waals surface area contributed by atoms with Crippen LogP contribution in [0.1, 0.15) is 0 Å². The van der Waals surface area contributed by atoms with E-state index in [0.717, 1.165) is 36.6 Å². The Bertz CT molecular complexity index is 902. The summed E-state index contributed by atoms with van der Waals surface area (Å²) in [6.07, 6.45) is 0.821. The van der Waals surface area contributed by atoms with Crippen molar-refractivity contribution in [1.29, 1.82) is 0 Å². The summed E-state index contributed by atoms with van der Waals surface area (Å²) in [5.74, 6) is -6.41. The van der Waals surface area contributed by atoms with Crippen molar-refractivity contribution in [2.45, 2.75) is 0 Å². The summed E-state index contributed by atoms with van der Waals surface area (Å²) in [5, 5.41) is 1.96. The minimum Gasteiger partial charge on any atom is -0.322 e. The van der Waals surface area contributed by atoms with Gasteiger partial charge in [0.05, 0.1) is 17.6 Å². The van der Waals surface area contributed by atoms with Gasteiger partial charge >= 0.3 is 0 Å². The molecule has 0 aliphatic rings. The average molecular weight is 376 g/mol. The van der Waals surface area contributed by atoms with E-state index in [1.165, 1.54) is 0 Å². The Hall–Kier alpha value is -2.62. The van der Waals surface area contributed by atoms with Gasteiger partial charge in [-0.3, -0.25) is 9.10 Å². The van der Waals surface area contributed by atoms with E-state index < -0.39 is 51.4 Å². The zero-order valence-corrected chi connectivity index (χ0v) is 13.6. The van der Waals surface area contributed by atoms with Crippen molar-refractivity contribution in [2.24, 2.45) is 0 Å². The molecule has 2 aromatic rings. The van der Waals surface area contributed by atoms with Crippen LogP contribution in [0.4, 0.5) is 28.9 Å². The van der Waals surface area contributed by atoms with E-state index >= 15 is 0 Å². The number of carbonyl (C=O) groups is 1. The maximum atomic E-state index is 13.6. The van der Waals surface area contributed by atoms with Gasteiger partial charge < -0.3 is 5.32 Å². The number of halogens is 4. The molecular formula is C15H12F4N2O3S. The van der Waals surface area contributed by atoms with Gasteiger partial charge in [0.15, 0.2) is 17.5 Å². The largest absolute Gasteiger partial charge is 0.322 e. The average Bonchev–Trinajstić information content (AvgIpc) is 2.53. The van der Waals surface area contributed by atoms with Crippen molar-refractivity contribution in [3.05, 3.63) is 59.7 Å². The highest BCUT2D eigenvalue weighted by Gasteiger charge is 2.22. The predicted octanol–water partition coefficient (Wildman–Crippen LogP) is 2.65. The fourth-order valence-corrected chi connectivity index (χ4v) is 2.81. The number of sulfonamides is 1. The number of hydrogen-bond donors (Lipinski definition) is 1. The molecule has 0 aromatic heterocycles. The number of nitrogens with zero attached hydrogens (tertiary/aromatic N) is 1. The minimum atomic E-state index is -3.92. The maximum Gasteiger partial charge on any atom is 0.245 e. The van der Waals surface area contributed by atoms with Crippen LogP contribution in [-0.4, -0.2) is 27.1 Å². The van der Waals surface area contributed by atoms with Crippen LogP contribution < -0.4 is 9.62 Å². The Morgan fingerprint density at radius 2 is 1.60 bits per heavy atom. The van der Waals surface area contributed by atoms with E-state index in [-0.39, 0.29) is 5.69 Å². The summed E-state index contributed by atoms with van der Waals surface area (Å²) in [6, 6.07) is 5.70. The Kier molecular flexibility index (Phi) is 5.31. The van der Waals surface area contributed by atoms with Crippen molar-refractivity contribution in [3.8, 4) is 0 Å². The van der Waals surface area contributed by atoms with Crippen LogP contribution >= 0.6 is 0 Å². The summed E-state index contributed by atoms with van der Waals surface area (Å²) in [4.78, 5) is 12.0. The third-order valence-corrected chi connectivity index (χ3v) is 4.25. The lowest BCUT2D eigenvalue weighted by atomic mass is 10.2. The monoisotopic (exact) mass is 376 g/mol. The minimum absolute atomic E-state index is 0.00445. The van der Waals surface area contributed by atoms with Crippen LogP contribution in [0.15, 0.2) is 36.4 Å². The highest BCUT2D eigenvalue weighted by atomic mass is 32.2. The second-order valence-electron chi connectivity index (χ2n) is 5.02. The van der Waals surface area contributed by atoms with Gasteiger partial charge in [-0.15, -0.1) is 0 Å². The molecule has 0 atom stereocenters. The second-order valence-corrected chi connectivity index (χ2v) is 6.92. The summed E-state index contributed by atoms with van der Waals surface area (Å²) in [6.45, 7) is -0.775. The predicted molar refractivity (Wildman–Crippen MR) is 83.5 cm³/mol. The molecule has 5 nitrogen and oxygen atoms in total. The number of amides is 1. The first-order chi connectivity index (χ1) is 11.6. The van der Waals surface area contributed by atoms with Crippen molar-refractivity contribution in [3.63, 3.8) is 0 Å². The Labute approximate surface area is 140 Å². The van der Waals surface area contributed by atoms with Crippen LogP contribution in [0.3, 0.4) is 0 Å². The number of anilines is 2. The van der Waals surface area contributed by atoms with E-state index in [9.17, 15) is 30.8 Å². The molecule has 1 amide bonds. The summed E-state index contributed by atoms with van der Waals surface area (Å²) >= 11 is 0. The van der Waals surface area contributed by atoms with Crippen LogP contribution in [0.25, 0.3) is 0 Å². The molecule has 0 bridgehead atoms. The Balaban J connectivity index is 2.24. The number of carbonyl (C=O) groups excluding carboxylic acids is 1. The molecule has 1 N–H and O–H groups in total. The normalized spacial score (nSPS) is 11.2. The van der Waals surface area contributed by atoms with Gasteiger partial charge in [-0.1, -0.05) is 0 Å². The Morgan fingerprint density at radius 3 is 2.16 bits per heavy atom. The van der Waals surface area contributed by atoms with Gasteiger partial charge in [0.25, 0.3) is 0 Å². The molecule has 0 unspecified atom stereocenters. The van der Waals surface area contributed by atoms with Crippen molar-refractivity contribution in [1.82, 2.24) is 0 Å². The first-order valence-corrected chi connectivity index (χ1v) is 8.61. The van der Waals surface area contributed by atoms with Gasteiger partial charge in [0.1, 0.15) is 12.4 Å². The van der Waals surface area contributed by atoms with E-state index in [1.807, 2.05) is 5.32 Å². The van der Waals surface area contributed by atoms with E-state index in [1.54, 1.807) is 0 Å². The SMILES string of the molecule is CS(=O)(=O)N(CC(=O)Nc1ccc(F)c(F)c1F)c1ccc(F)cc1. The third kappa shape index (κ3) is 4.47. The lowest BCUT2D eigenvalue weighted by molar-refractivity contribution is -0.114. The summed E-state index contributed by atoms with van der Waals surface area (Å²) in [5.41, 5.74) is -0.638. The number of hydrogen-bond acceptors (Lipinski definition) is 3. The zero-order chi connectivity index (χ0) is 18.8. The molecule has 25 heavy (non-hydrogen) atoms. The second kappa shape index (κ2) is 7.09. The van der Waals surface area contributed by atoms with Crippen LogP contribution in [0.2, 0.25) is 0 Å². The molecule has 0 spiro atoms. The van der Waals surface area contributed by atoms with Gasteiger partial charge in [-0.05, 0) is 36.4 Å². The Morgan fingerprint density at radius 1 is 1.00 bits per heavy atom. The lowest BCUT2D eigenvalue weighted by Crippen LogP contribution is -2.37. The molecule has 0 saturated carbocycles. The lowest BCUT2D eigenvalue weighted by Gasteiger charge is -2.22. The maximum absolute atomic E-state index is 13.6. The number of rotatable bonds is 5. The topological polar surface area (TPSA) is 66.5 Å². The molecule has 0 heterocycles. The van der Waals surface area contributed by atoms with E-state index in [4.69, 9.17) is 0 Å². The number of benzene rings is 2. The third-order valence-electron chi connectivity index (χ3n) is 3.11. The molecule has 134 valence electrons. The molecule has 10 heteroatoms. The first kappa shape index (κ1) is 18.7. The first-order valence-electron chi connectivity index (χ1n) is 6.76. The summed E-state index contributed by atoms with van der Waals surface area (Å²) < 4.78 is 76.9. The molecule has 2 aromatic carbocycles. The smallest absolute Gasteiger partial charge is 0.245 e. The number of nitrogens with one attached hydrogen (secondary N) is 1. The summed E-state index contributed by atoms with van der Waals surface area (Å²) in [7, 11) is -3.92. The zero-order valence-electron chi connectivity index (χ0n) is 12.8. The molecule has 0 aliphatic carbocycles. The molecule has 0 fully saturated rings. The fourth-order valence-electron chi connectivity index (χ4n) is 1.95. The fraction of sp³-hybridized carbons (Fsp3) is 0.133. The molecular weight excluding hydrogens is 364 g/mol. The molecule has 0 saturated heterocycles. The van der Waals surface area contributed by atoms with Crippen molar-refractivity contribution >= 4 is 27.3 Å². The van der Waals surface area contributed by atoms with Gasteiger partial charge in [0.2, 0.25) is 15.9 Å². The highest BCUT2D eigenvalue weighted by molar-refractivity contribution is 7.92. The highest BCUT2D eigenvalue weighted by Crippen LogP contribution is 2.21.